The third-order valence-corrected chi connectivity index (χ3v) is 4.72. The minimum Gasteiger partial charge on any atom is -0.343 e. The molecule has 18 heavy (non-hydrogen) atoms. The topological polar surface area (TPSA) is 26.8 Å². The molecule has 1 heterocycles. The minimum atomic E-state index is 0.287. The van der Waals surface area contributed by atoms with Crippen molar-refractivity contribution < 1.29 is 4.79 Å². The Balaban J connectivity index is 1.78. The van der Waals surface area contributed by atoms with Gasteiger partial charge >= 0.3 is 0 Å². The third kappa shape index (κ3) is 3.81. The van der Waals surface area contributed by atoms with Crippen LogP contribution < -0.4 is 0 Å². The molecule has 2 rings (SSSR count). The van der Waals surface area contributed by atoms with Crippen LogP contribution in [0.5, 0.6) is 0 Å². The van der Waals surface area contributed by atoms with Crippen LogP contribution in [-0.2, 0) is 4.79 Å². The van der Waals surface area contributed by atoms with Gasteiger partial charge in [-0.15, -0.1) is 0 Å². The van der Waals surface area contributed by atoms with Crippen LogP contribution in [0.4, 0.5) is 0 Å². The Morgan fingerprint density at radius 1 is 1.28 bits per heavy atom. The highest BCUT2D eigenvalue weighted by Crippen LogP contribution is 2.29. The summed E-state index contributed by atoms with van der Waals surface area (Å²) in [6.07, 6.45) is 5.18. The van der Waals surface area contributed by atoms with Crippen LogP contribution in [0.2, 0.25) is 0 Å². The second-order valence-corrected chi connectivity index (χ2v) is 7.39. The van der Waals surface area contributed by atoms with E-state index in [-0.39, 0.29) is 5.91 Å². The molecule has 1 aliphatic heterocycles. The highest BCUT2D eigenvalue weighted by atomic mass is 127. The predicted molar refractivity (Wildman–Crippen MR) is 81.6 cm³/mol. The molecule has 2 aliphatic rings. The van der Waals surface area contributed by atoms with Gasteiger partial charge in [0, 0.05) is 55.6 Å². The summed E-state index contributed by atoms with van der Waals surface area (Å²) in [5, 5.41) is 0. The van der Waals surface area contributed by atoms with Crippen molar-refractivity contribution in [1.29, 1.82) is 0 Å². The molecule has 1 amide bonds. The molecule has 0 N–H and O–H groups in total. The number of hydrogen-bond donors (Lipinski definition) is 0. The quantitative estimate of drug-likeness (QED) is 0.562. The van der Waals surface area contributed by atoms with Gasteiger partial charge in [0.15, 0.2) is 0 Å². The van der Waals surface area contributed by atoms with Crippen molar-refractivity contribution in [3.8, 4) is 0 Å². The molecule has 2 fully saturated rings. The van der Waals surface area contributed by atoms with Gasteiger partial charge in [-0.05, 0) is 38.6 Å². The number of halogens is 1. The largest absolute Gasteiger partial charge is 0.343 e. The molecule has 0 aromatic carbocycles. The van der Waals surface area contributed by atoms with Gasteiger partial charge in [0.25, 0.3) is 0 Å². The zero-order chi connectivity index (χ0) is 13.1. The van der Waals surface area contributed by atoms with E-state index in [0.29, 0.717) is 12.6 Å². The van der Waals surface area contributed by atoms with Gasteiger partial charge in [0.05, 0.1) is 6.54 Å². The Bertz CT molecular complexity index is 290. The van der Waals surface area contributed by atoms with Crippen molar-refractivity contribution >= 4 is 28.8 Å². The standard InChI is InChI=1S/C13H24IN3O/c1-15-7-8-17(10-13(15)18)12-5-3-11(4-6-12)9-16(2)14/h11-12H,3-10H2,1-2H3. The van der Waals surface area contributed by atoms with Gasteiger partial charge in [-0.2, -0.15) is 0 Å². The van der Waals surface area contributed by atoms with Gasteiger partial charge in [0.2, 0.25) is 5.91 Å². The highest BCUT2D eigenvalue weighted by Gasteiger charge is 2.30. The number of hydrogen-bond acceptors (Lipinski definition) is 3. The van der Waals surface area contributed by atoms with Crippen LogP contribution in [-0.4, -0.2) is 65.1 Å². The second-order valence-electron chi connectivity index (χ2n) is 5.75. The average Bonchev–Trinajstić information content (AvgIpc) is 2.33. The van der Waals surface area contributed by atoms with E-state index in [9.17, 15) is 4.79 Å². The fourth-order valence-corrected chi connectivity index (χ4v) is 3.69. The number of likely N-dealkylation sites (N-methyl/N-ethyl adjacent to an activating group) is 1. The zero-order valence-electron chi connectivity index (χ0n) is 11.4. The van der Waals surface area contributed by atoms with Crippen molar-refractivity contribution in [2.45, 2.75) is 31.7 Å². The van der Waals surface area contributed by atoms with Crippen molar-refractivity contribution in [2.75, 3.05) is 40.3 Å². The van der Waals surface area contributed by atoms with E-state index >= 15 is 0 Å². The maximum absolute atomic E-state index is 11.7. The molecular weight excluding hydrogens is 341 g/mol. The average molecular weight is 365 g/mol. The summed E-state index contributed by atoms with van der Waals surface area (Å²) in [6, 6.07) is 0.651. The number of nitrogens with zero attached hydrogens (tertiary/aromatic N) is 3. The minimum absolute atomic E-state index is 0.287. The Morgan fingerprint density at radius 2 is 1.94 bits per heavy atom. The first-order chi connectivity index (χ1) is 8.56. The van der Waals surface area contributed by atoms with Crippen LogP contribution in [0, 0.1) is 5.92 Å². The number of carbonyl (C=O) groups is 1. The lowest BCUT2D eigenvalue weighted by atomic mass is 9.85. The first kappa shape index (κ1) is 14.5. The maximum Gasteiger partial charge on any atom is 0.236 e. The summed E-state index contributed by atoms with van der Waals surface area (Å²) in [5.41, 5.74) is 0. The van der Waals surface area contributed by atoms with Crippen molar-refractivity contribution in [3.05, 3.63) is 0 Å². The van der Waals surface area contributed by atoms with Crippen molar-refractivity contribution in [1.82, 2.24) is 12.9 Å². The molecule has 1 saturated heterocycles. The molecule has 5 heteroatoms. The molecule has 0 aromatic heterocycles. The third-order valence-electron chi connectivity index (χ3n) is 4.33. The summed E-state index contributed by atoms with van der Waals surface area (Å²) < 4.78 is 2.27. The number of carbonyl (C=O) groups excluding carboxylic acids is 1. The first-order valence-electron chi connectivity index (χ1n) is 6.91. The summed E-state index contributed by atoms with van der Waals surface area (Å²) in [7, 11) is 4.05. The smallest absolute Gasteiger partial charge is 0.236 e. The SMILES string of the molecule is CN(I)CC1CCC(N2CCN(C)C(=O)C2)CC1. The van der Waals surface area contributed by atoms with E-state index in [4.69, 9.17) is 0 Å². The lowest BCUT2D eigenvalue weighted by Gasteiger charge is -2.40. The molecular formula is C13H24IN3O. The molecule has 104 valence electrons. The molecule has 1 saturated carbocycles. The number of piperazine rings is 1. The number of amides is 1. The van der Waals surface area contributed by atoms with E-state index in [1.165, 1.54) is 32.2 Å². The molecule has 0 aromatic rings. The van der Waals surface area contributed by atoms with Crippen molar-refractivity contribution in [2.24, 2.45) is 5.92 Å². The Hall–Kier alpha value is 0.120. The first-order valence-corrected chi connectivity index (χ1v) is 7.87. The van der Waals surface area contributed by atoms with E-state index in [0.717, 1.165) is 19.0 Å². The molecule has 4 nitrogen and oxygen atoms in total. The van der Waals surface area contributed by atoms with Crippen LogP contribution in [0.15, 0.2) is 0 Å². The molecule has 0 spiro atoms. The van der Waals surface area contributed by atoms with Gasteiger partial charge in [0.1, 0.15) is 0 Å². The van der Waals surface area contributed by atoms with Crippen LogP contribution in [0.1, 0.15) is 25.7 Å². The summed E-state index contributed by atoms with van der Waals surface area (Å²) in [4.78, 5) is 16.0. The number of rotatable bonds is 3. The summed E-state index contributed by atoms with van der Waals surface area (Å²) in [6.45, 7) is 3.80. The zero-order valence-corrected chi connectivity index (χ0v) is 13.6. The Morgan fingerprint density at radius 3 is 2.50 bits per heavy atom. The maximum atomic E-state index is 11.7. The van der Waals surface area contributed by atoms with E-state index < -0.39 is 0 Å². The summed E-state index contributed by atoms with van der Waals surface area (Å²) in [5.74, 6) is 1.14. The van der Waals surface area contributed by atoms with Crippen LogP contribution >= 0.6 is 22.9 Å². The Labute approximate surface area is 124 Å². The van der Waals surface area contributed by atoms with E-state index in [1.54, 1.807) is 0 Å². The lowest BCUT2D eigenvalue weighted by Crippen LogP contribution is -2.53. The van der Waals surface area contributed by atoms with Gasteiger partial charge in [-0.25, -0.2) is 0 Å². The van der Waals surface area contributed by atoms with Crippen LogP contribution in [0.25, 0.3) is 0 Å². The van der Waals surface area contributed by atoms with Gasteiger partial charge in [-0.1, -0.05) is 0 Å². The van der Waals surface area contributed by atoms with E-state index in [1.807, 2.05) is 11.9 Å². The van der Waals surface area contributed by atoms with Gasteiger partial charge < -0.3 is 4.90 Å². The molecule has 0 bridgehead atoms. The van der Waals surface area contributed by atoms with Gasteiger partial charge in [-0.3, -0.25) is 12.8 Å². The Kier molecular flexibility index (Phi) is 5.26. The second kappa shape index (κ2) is 6.52. The summed E-state index contributed by atoms with van der Waals surface area (Å²) >= 11 is 2.37. The highest BCUT2D eigenvalue weighted by molar-refractivity contribution is 14.1. The lowest BCUT2D eigenvalue weighted by molar-refractivity contribution is -0.135. The monoisotopic (exact) mass is 365 g/mol. The van der Waals surface area contributed by atoms with Crippen LogP contribution in [0.3, 0.4) is 0 Å². The molecule has 0 unspecified atom stereocenters. The predicted octanol–water partition coefficient (Wildman–Crippen LogP) is 1.60. The van der Waals surface area contributed by atoms with Crippen molar-refractivity contribution in [3.63, 3.8) is 0 Å². The molecule has 1 aliphatic carbocycles. The normalized spacial score (nSPS) is 31.1. The fourth-order valence-electron chi connectivity index (χ4n) is 3.14. The fraction of sp³-hybridized carbons (Fsp3) is 0.923. The molecule has 0 atom stereocenters. The molecule has 0 radical (unpaired) electrons. The van der Waals surface area contributed by atoms with E-state index in [2.05, 4.69) is 37.9 Å².